The summed E-state index contributed by atoms with van der Waals surface area (Å²) < 4.78 is 11.5. The van der Waals surface area contributed by atoms with Gasteiger partial charge in [-0.3, -0.25) is 0 Å². The molecule has 3 aromatic carbocycles. The zero-order chi connectivity index (χ0) is 20.8. The average Bonchev–Trinajstić information content (AvgIpc) is 3.20. The van der Waals surface area contributed by atoms with Gasteiger partial charge in [0.1, 0.15) is 11.8 Å². The van der Waals surface area contributed by atoms with Gasteiger partial charge in [-0.2, -0.15) is 10.2 Å². The molecule has 1 heterocycles. The van der Waals surface area contributed by atoms with E-state index in [0.29, 0.717) is 24.1 Å². The molecule has 0 saturated carbocycles. The highest BCUT2D eigenvalue weighted by Gasteiger charge is 2.13. The number of rotatable bonds is 7. The first-order chi connectivity index (χ1) is 14.7. The molecular formula is C25H21N3O2. The number of nitriles is 1. The van der Waals surface area contributed by atoms with Crippen LogP contribution in [0.2, 0.25) is 0 Å². The molecule has 1 aromatic heterocycles. The standard InChI is InChI=1S/C25H21N3O2/c1-18-7-9-19(10-8-18)16-27-25-23(15-26)28-24(30-25)17-29-22-13-11-21(12-14-22)20-5-3-2-4-6-20/h2-14,27H,16-17H2,1H3. The number of hydrogen-bond acceptors (Lipinski definition) is 5. The molecule has 5 heteroatoms. The van der Waals surface area contributed by atoms with Crippen LogP contribution in [0.25, 0.3) is 11.1 Å². The summed E-state index contributed by atoms with van der Waals surface area (Å²) in [6, 6.07) is 28.2. The van der Waals surface area contributed by atoms with E-state index in [9.17, 15) is 5.26 Å². The highest BCUT2D eigenvalue weighted by molar-refractivity contribution is 5.63. The van der Waals surface area contributed by atoms with Crippen LogP contribution in [0.5, 0.6) is 5.75 Å². The van der Waals surface area contributed by atoms with Gasteiger partial charge in [0.15, 0.2) is 6.61 Å². The minimum Gasteiger partial charge on any atom is -0.484 e. The number of anilines is 1. The summed E-state index contributed by atoms with van der Waals surface area (Å²) in [7, 11) is 0. The summed E-state index contributed by atoms with van der Waals surface area (Å²) >= 11 is 0. The van der Waals surface area contributed by atoms with Gasteiger partial charge in [0.05, 0.1) is 0 Å². The Bertz CT molecular complexity index is 1140. The molecule has 0 aliphatic heterocycles. The van der Waals surface area contributed by atoms with Crippen molar-refractivity contribution in [3.05, 3.63) is 102 Å². The fourth-order valence-corrected chi connectivity index (χ4v) is 3.03. The monoisotopic (exact) mass is 395 g/mol. The molecule has 0 spiro atoms. The van der Waals surface area contributed by atoms with Crippen LogP contribution in [0, 0.1) is 18.3 Å². The second-order valence-corrected chi connectivity index (χ2v) is 6.92. The third-order valence-electron chi connectivity index (χ3n) is 4.67. The highest BCUT2D eigenvalue weighted by atomic mass is 16.5. The predicted molar refractivity (Wildman–Crippen MR) is 116 cm³/mol. The van der Waals surface area contributed by atoms with Gasteiger partial charge < -0.3 is 14.5 Å². The number of oxazole rings is 1. The van der Waals surface area contributed by atoms with E-state index in [2.05, 4.69) is 28.5 Å². The zero-order valence-electron chi connectivity index (χ0n) is 16.6. The molecule has 0 fully saturated rings. The Balaban J connectivity index is 1.38. The molecule has 0 saturated heterocycles. The van der Waals surface area contributed by atoms with E-state index in [1.165, 1.54) is 5.56 Å². The molecule has 1 N–H and O–H groups in total. The first kappa shape index (κ1) is 19.3. The van der Waals surface area contributed by atoms with E-state index in [4.69, 9.17) is 9.15 Å². The molecule has 0 amide bonds. The second-order valence-electron chi connectivity index (χ2n) is 6.92. The van der Waals surface area contributed by atoms with Crippen molar-refractivity contribution in [3.8, 4) is 22.9 Å². The van der Waals surface area contributed by atoms with Gasteiger partial charge in [0.2, 0.25) is 17.5 Å². The number of hydrogen-bond donors (Lipinski definition) is 1. The van der Waals surface area contributed by atoms with Gasteiger partial charge in [-0.25, -0.2) is 0 Å². The lowest BCUT2D eigenvalue weighted by atomic mass is 10.1. The Morgan fingerprint density at radius 2 is 1.63 bits per heavy atom. The fourth-order valence-electron chi connectivity index (χ4n) is 3.03. The molecule has 0 aliphatic rings. The van der Waals surface area contributed by atoms with E-state index >= 15 is 0 Å². The summed E-state index contributed by atoms with van der Waals surface area (Å²) in [5.41, 5.74) is 4.79. The molecule has 0 radical (unpaired) electrons. The van der Waals surface area contributed by atoms with Gasteiger partial charge in [0, 0.05) is 6.54 Å². The maximum Gasteiger partial charge on any atom is 0.236 e. The first-order valence-electron chi connectivity index (χ1n) is 9.69. The van der Waals surface area contributed by atoms with Crippen molar-refractivity contribution in [3.63, 3.8) is 0 Å². The number of aryl methyl sites for hydroxylation is 1. The minimum atomic E-state index is 0.144. The van der Waals surface area contributed by atoms with Crippen LogP contribution < -0.4 is 10.1 Å². The molecule has 5 nitrogen and oxygen atoms in total. The first-order valence-corrected chi connectivity index (χ1v) is 9.69. The Labute approximate surface area is 175 Å². The van der Waals surface area contributed by atoms with E-state index in [0.717, 1.165) is 16.7 Å². The average molecular weight is 395 g/mol. The maximum absolute atomic E-state index is 9.34. The number of ether oxygens (including phenoxy) is 1. The molecule has 0 unspecified atom stereocenters. The number of benzene rings is 3. The summed E-state index contributed by atoms with van der Waals surface area (Å²) in [5.74, 6) is 1.42. The van der Waals surface area contributed by atoms with Crippen LogP contribution in [0.4, 0.5) is 5.88 Å². The van der Waals surface area contributed by atoms with Crippen molar-refractivity contribution in [1.29, 1.82) is 5.26 Å². The van der Waals surface area contributed by atoms with Gasteiger partial charge in [-0.15, -0.1) is 0 Å². The third-order valence-corrected chi connectivity index (χ3v) is 4.67. The SMILES string of the molecule is Cc1ccc(CNc2oc(COc3ccc(-c4ccccc4)cc3)nc2C#N)cc1. The van der Waals surface area contributed by atoms with Crippen LogP contribution in [0.1, 0.15) is 22.7 Å². The summed E-state index contributed by atoms with van der Waals surface area (Å²) in [6.45, 7) is 2.74. The van der Waals surface area contributed by atoms with Crippen molar-refractivity contribution in [2.45, 2.75) is 20.1 Å². The van der Waals surface area contributed by atoms with Gasteiger partial charge >= 0.3 is 0 Å². The molecule has 30 heavy (non-hydrogen) atoms. The Hall–Kier alpha value is -4.04. The molecule has 0 bridgehead atoms. The lowest BCUT2D eigenvalue weighted by Crippen LogP contribution is -1.99. The van der Waals surface area contributed by atoms with Gasteiger partial charge in [0.25, 0.3) is 0 Å². The molecule has 0 aliphatic carbocycles. The van der Waals surface area contributed by atoms with Gasteiger partial charge in [-0.1, -0.05) is 72.3 Å². The van der Waals surface area contributed by atoms with Crippen molar-refractivity contribution in [1.82, 2.24) is 4.98 Å². The largest absolute Gasteiger partial charge is 0.484 e. The molecule has 4 rings (SSSR count). The molecule has 0 atom stereocenters. The molecular weight excluding hydrogens is 374 g/mol. The van der Waals surface area contributed by atoms with Crippen LogP contribution in [0.3, 0.4) is 0 Å². The number of nitrogens with one attached hydrogen (secondary N) is 1. The van der Waals surface area contributed by atoms with Crippen molar-refractivity contribution in [2.75, 3.05) is 5.32 Å². The molecule has 4 aromatic rings. The quantitative estimate of drug-likeness (QED) is 0.434. The maximum atomic E-state index is 9.34. The van der Waals surface area contributed by atoms with Crippen LogP contribution in [-0.2, 0) is 13.2 Å². The van der Waals surface area contributed by atoms with Gasteiger partial charge in [-0.05, 0) is 35.7 Å². The highest BCUT2D eigenvalue weighted by Crippen LogP contribution is 2.23. The third kappa shape index (κ3) is 4.68. The van der Waals surface area contributed by atoms with E-state index < -0.39 is 0 Å². The Kier molecular flexibility index (Phi) is 5.77. The van der Waals surface area contributed by atoms with Crippen molar-refractivity contribution < 1.29 is 9.15 Å². The van der Waals surface area contributed by atoms with E-state index in [1.54, 1.807) is 0 Å². The summed E-state index contributed by atoms with van der Waals surface area (Å²) in [5, 5.41) is 12.5. The topological polar surface area (TPSA) is 71.1 Å². The van der Waals surface area contributed by atoms with Crippen molar-refractivity contribution in [2.24, 2.45) is 0 Å². The van der Waals surface area contributed by atoms with Crippen LogP contribution in [0.15, 0.2) is 83.3 Å². The smallest absolute Gasteiger partial charge is 0.236 e. The van der Waals surface area contributed by atoms with E-state index in [1.807, 2.05) is 73.7 Å². The van der Waals surface area contributed by atoms with Crippen LogP contribution >= 0.6 is 0 Å². The van der Waals surface area contributed by atoms with Crippen molar-refractivity contribution >= 4 is 5.88 Å². The lowest BCUT2D eigenvalue weighted by molar-refractivity contribution is 0.265. The fraction of sp³-hybridized carbons (Fsp3) is 0.120. The number of aromatic nitrogens is 1. The van der Waals surface area contributed by atoms with E-state index in [-0.39, 0.29) is 12.3 Å². The Morgan fingerprint density at radius 3 is 2.33 bits per heavy atom. The normalized spacial score (nSPS) is 10.4. The predicted octanol–water partition coefficient (Wildman–Crippen LogP) is 5.71. The number of nitrogens with zero attached hydrogens (tertiary/aromatic N) is 2. The van der Waals surface area contributed by atoms with Crippen LogP contribution in [-0.4, -0.2) is 4.98 Å². The minimum absolute atomic E-state index is 0.144. The summed E-state index contributed by atoms with van der Waals surface area (Å²) in [6.07, 6.45) is 0. The Morgan fingerprint density at radius 1 is 0.933 bits per heavy atom. The lowest BCUT2D eigenvalue weighted by Gasteiger charge is -2.06. The second kappa shape index (κ2) is 8.97. The zero-order valence-corrected chi connectivity index (χ0v) is 16.6. The molecule has 148 valence electrons. The summed E-state index contributed by atoms with van der Waals surface area (Å²) in [4.78, 5) is 4.22.